The van der Waals surface area contributed by atoms with E-state index in [0.29, 0.717) is 6.54 Å². The Morgan fingerprint density at radius 3 is 2.96 bits per heavy atom. The van der Waals surface area contributed by atoms with Gasteiger partial charge in [-0.1, -0.05) is 6.92 Å². The van der Waals surface area contributed by atoms with E-state index < -0.39 is 0 Å². The van der Waals surface area contributed by atoms with Crippen molar-refractivity contribution in [1.82, 2.24) is 20.4 Å². The molecule has 0 aromatic carbocycles. The number of carbonyl (C=O) groups is 2. The zero-order chi connectivity index (χ0) is 17.9. The molecule has 1 unspecified atom stereocenters. The second kappa shape index (κ2) is 7.68. The SMILES string of the molecule is CCCn1ccc(CNC(=O)NC2CCSC3(C2)CC(C(N)=O)C3)n1. The van der Waals surface area contributed by atoms with Gasteiger partial charge in [-0.15, -0.1) is 0 Å². The molecule has 8 heteroatoms. The minimum Gasteiger partial charge on any atom is -0.369 e. The average Bonchev–Trinajstić information content (AvgIpc) is 2.99. The van der Waals surface area contributed by atoms with Crippen LogP contribution in [0.3, 0.4) is 0 Å². The van der Waals surface area contributed by atoms with Gasteiger partial charge in [0.2, 0.25) is 5.91 Å². The zero-order valence-corrected chi connectivity index (χ0v) is 15.5. The third-order valence-corrected chi connectivity index (χ3v) is 6.60. The first-order chi connectivity index (χ1) is 12.0. The van der Waals surface area contributed by atoms with Gasteiger partial charge in [0.15, 0.2) is 0 Å². The number of carbonyl (C=O) groups excluding carboxylic acids is 2. The molecule has 1 aromatic rings. The fourth-order valence-corrected chi connectivity index (χ4v) is 5.53. The number of hydrogen-bond donors (Lipinski definition) is 3. The summed E-state index contributed by atoms with van der Waals surface area (Å²) in [6, 6.07) is 1.94. The molecule has 0 bridgehead atoms. The number of rotatable bonds is 6. The Labute approximate surface area is 152 Å². The molecular weight excluding hydrogens is 338 g/mol. The first kappa shape index (κ1) is 18.1. The van der Waals surface area contributed by atoms with Crippen molar-refractivity contribution in [3.63, 3.8) is 0 Å². The predicted octanol–water partition coefficient (Wildman–Crippen LogP) is 1.62. The molecule has 2 aliphatic rings. The number of nitrogens with two attached hydrogens (primary N) is 1. The van der Waals surface area contributed by atoms with Crippen LogP contribution >= 0.6 is 11.8 Å². The van der Waals surface area contributed by atoms with E-state index in [2.05, 4.69) is 22.7 Å². The number of aryl methyl sites for hydroxylation is 1. The van der Waals surface area contributed by atoms with E-state index in [9.17, 15) is 9.59 Å². The molecule has 138 valence electrons. The molecule has 7 nitrogen and oxygen atoms in total. The average molecular weight is 366 g/mol. The van der Waals surface area contributed by atoms with E-state index in [1.165, 1.54) is 0 Å². The van der Waals surface area contributed by atoms with Crippen LogP contribution in [0.4, 0.5) is 4.79 Å². The lowest BCUT2D eigenvalue weighted by Crippen LogP contribution is -2.54. The maximum absolute atomic E-state index is 12.2. The summed E-state index contributed by atoms with van der Waals surface area (Å²) in [6.07, 6.45) is 6.55. The summed E-state index contributed by atoms with van der Waals surface area (Å²) < 4.78 is 2.03. The van der Waals surface area contributed by atoms with Crippen molar-refractivity contribution < 1.29 is 9.59 Å². The zero-order valence-electron chi connectivity index (χ0n) is 14.7. The van der Waals surface area contributed by atoms with Gasteiger partial charge in [-0.2, -0.15) is 16.9 Å². The molecule has 1 saturated heterocycles. The highest BCUT2D eigenvalue weighted by atomic mass is 32.2. The standard InChI is InChI=1S/C17H27N5O2S/c1-2-5-22-6-3-14(21-22)11-19-16(24)20-13-4-7-25-17(10-13)8-12(9-17)15(18)23/h3,6,12-13H,2,4-5,7-11H2,1H3,(H2,18,23)(H2,19,20,24). The molecule has 1 atom stereocenters. The first-order valence-electron chi connectivity index (χ1n) is 8.99. The summed E-state index contributed by atoms with van der Waals surface area (Å²) >= 11 is 1.93. The van der Waals surface area contributed by atoms with Crippen LogP contribution in [0.1, 0.15) is 44.7 Å². The van der Waals surface area contributed by atoms with Crippen molar-refractivity contribution in [2.45, 2.75) is 62.9 Å². The van der Waals surface area contributed by atoms with Gasteiger partial charge < -0.3 is 16.4 Å². The molecule has 25 heavy (non-hydrogen) atoms. The highest BCUT2D eigenvalue weighted by molar-refractivity contribution is 8.00. The highest BCUT2D eigenvalue weighted by Gasteiger charge is 2.49. The number of thioether (sulfide) groups is 1. The number of nitrogens with one attached hydrogen (secondary N) is 2. The maximum atomic E-state index is 12.2. The van der Waals surface area contributed by atoms with Crippen molar-refractivity contribution in [3.8, 4) is 0 Å². The molecule has 1 saturated carbocycles. The lowest BCUT2D eigenvalue weighted by atomic mass is 9.70. The van der Waals surface area contributed by atoms with Gasteiger partial charge >= 0.3 is 6.03 Å². The number of hydrogen-bond acceptors (Lipinski definition) is 4. The van der Waals surface area contributed by atoms with Crippen LogP contribution < -0.4 is 16.4 Å². The van der Waals surface area contributed by atoms with E-state index in [-0.39, 0.29) is 28.6 Å². The van der Waals surface area contributed by atoms with Crippen molar-refractivity contribution >= 4 is 23.7 Å². The van der Waals surface area contributed by atoms with Crippen molar-refractivity contribution in [3.05, 3.63) is 18.0 Å². The number of amides is 3. The van der Waals surface area contributed by atoms with Gasteiger partial charge in [0.05, 0.1) is 12.2 Å². The van der Waals surface area contributed by atoms with Gasteiger partial charge in [0, 0.05) is 29.4 Å². The predicted molar refractivity (Wildman–Crippen MR) is 98.0 cm³/mol. The maximum Gasteiger partial charge on any atom is 0.315 e. The van der Waals surface area contributed by atoms with Gasteiger partial charge in [-0.3, -0.25) is 9.48 Å². The van der Waals surface area contributed by atoms with Crippen LogP contribution in [-0.2, 0) is 17.9 Å². The Bertz CT molecular complexity index is 626. The highest BCUT2D eigenvalue weighted by Crippen LogP contribution is 2.53. The molecule has 0 radical (unpaired) electrons. The molecule has 1 aromatic heterocycles. The second-order valence-electron chi connectivity index (χ2n) is 7.13. The van der Waals surface area contributed by atoms with E-state index in [1.807, 2.05) is 28.7 Å². The van der Waals surface area contributed by atoms with E-state index in [1.54, 1.807) is 0 Å². The van der Waals surface area contributed by atoms with Gasteiger partial charge in [-0.05, 0) is 43.9 Å². The molecule has 3 amide bonds. The third kappa shape index (κ3) is 4.48. The van der Waals surface area contributed by atoms with Crippen LogP contribution in [-0.4, -0.2) is 38.3 Å². The van der Waals surface area contributed by atoms with Crippen LogP contribution in [0.5, 0.6) is 0 Å². The Hall–Kier alpha value is -1.70. The fourth-order valence-electron chi connectivity index (χ4n) is 3.73. The van der Waals surface area contributed by atoms with Crippen LogP contribution in [0, 0.1) is 5.92 Å². The van der Waals surface area contributed by atoms with Crippen molar-refractivity contribution in [1.29, 1.82) is 0 Å². The number of primary amides is 1. The number of aromatic nitrogens is 2. The minimum atomic E-state index is -0.193. The third-order valence-electron chi connectivity index (χ3n) is 5.05. The lowest BCUT2D eigenvalue weighted by Gasteiger charge is -2.50. The number of urea groups is 1. The van der Waals surface area contributed by atoms with Gasteiger partial charge in [0.25, 0.3) is 0 Å². The van der Waals surface area contributed by atoms with E-state index >= 15 is 0 Å². The van der Waals surface area contributed by atoms with Crippen LogP contribution in [0.25, 0.3) is 0 Å². The Morgan fingerprint density at radius 1 is 1.44 bits per heavy atom. The summed E-state index contributed by atoms with van der Waals surface area (Å²) in [5.74, 6) is 0.831. The Kier molecular flexibility index (Phi) is 5.56. The fraction of sp³-hybridized carbons (Fsp3) is 0.706. The summed E-state index contributed by atoms with van der Waals surface area (Å²) in [4.78, 5) is 23.4. The van der Waals surface area contributed by atoms with Crippen LogP contribution in [0.2, 0.25) is 0 Å². The normalized spacial score (nSPS) is 28.4. The molecule has 4 N–H and O–H groups in total. The lowest BCUT2D eigenvalue weighted by molar-refractivity contribution is -0.125. The van der Waals surface area contributed by atoms with E-state index in [4.69, 9.17) is 5.73 Å². The minimum absolute atomic E-state index is 0.0123. The molecule has 1 aliphatic heterocycles. The first-order valence-corrected chi connectivity index (χ1v) is 9.98. The summed E-state index contributed by atoms with van der Waals surface area (Å²) in [5.41, 5.74) is 6.25. The van der Waals surface area contributed by atoms with Crippen molar-refractivity contribution in [2.24, 2.45) is 11.7 Å². The van der Waals surface area contributed by atoms with Crippen molar-refractivity contribution in [2.75, 3.05) is 5.75 Å². The molecule has 2 fully saturated rings. The van der Waals surface area contributed by atoms with Crippen LogP contribution in [0.15, 0.2) is 12.3 Å². The van der Waals surface area contributed by atoms with Gasteiger partial charge in [0.1, 0.15) is 0 Å². The molecular formula is C17H27N5O2S. The topological polar surface area (TPSA) is 102 Å². The second-order valence-corrected chi connectivity index (χ2v) is 8.69. The Morgan fingerprint density at radius 2 is 2.24 bits per heavy atom. The molecule has 3 rings (SSSR count). The molecule has 1 aliphatic carbocycles. The van der Waals surface area contributed by atoms with E-state index in [0.717, 1.165) is 50.1 Å². The molecule has 2 heterocycles. The quantitative estimate of drug-likeness (QED) is 0.713. The van der Waals surface area contributed by atoms with Gasteiger partial charge in [-0.25, -0.2) is 4.79 Å². The largest absolute Gasteiger partial charge is 0.369 e. The summed E-state index contributed by atoms with van der Waals surface area (Å²) in [5, 5.41) is 10.4. The number of nitrogens with zero attached hydrogens (tertiary/aromatic N) is 2. The Balaban J connectivity index is 1.42. The summed E-state index contributed by atoms with van der Waals surface area (Å²) in [7, 11) is 0. The smallest absolute Gasteiger partial charge is 0.315 e. The molecule has 1 spiro atoms. The summed E-state index contributed by atoms with van der Waals surface area (Å²) in [6.45, 7) is 3.43. The monoisotopic (exact) mass is 365 g/mol.